The molecule has 2 heterocycles. The van der Waals surface area contributed by atoms with Crippen LogP contribution in [0.4, 0.5) is 5.82 Å². The number of carboxylic acids is 1. The molecule has 4 aromatic carbocycles. The van der Waals surface area contributed by atoms with Crippen molar-refractivity contribution in [3.63, 3.8) is 0 Å². The largest absolute Gasteiger partial charge is 0.497 e. The average Bonchev–Trinajstić information content (AvgIpc) is 3.58. The quantitative estimate of drug-likeness (QED) is 0.130. The predicted octanol–water partition coefficient (Wildman–Crippen LogP) is 4.04. The van der Waals surface area contributed by atoms with E-state index in [1.165, 1.54) is 17.2 Å². The van der Waals surface area contributed by atoms with Gasteiger partial charge >= 0.3 is 5.97 Å². The van der Waals surface area contributed by atoms with Crippen molar-refractivity contribution in [2.45, 2.75) is 18.0 Å². The highest BCUT2D eigenvalue weighted by Crippen LogP contribution is 2.46. The highest BCUT2D eigenvalue weighted by molar-refractivity contribution is 6.06. The SMILES string of the molecule is COc1ccc(C(c2ccccc2)(c2ccc(OC)cc2)c2ccc(C(=O)Nc3ncnc4c3ncn4CC(=O)N[C@@H](CO)C(=O)O)cc2)cc1. The van der Waals surface area contributed by atoms with Gasteiger partial charge in [0.05, 0.1) is 32.6 Å². The third-order valence-electron chi connectivity index (χ3n) is 8.60. The third kappa shape index (κ3) is 6.82. The Labute approximate surface area is 292 Å². The normalized spacial score (nSPS) is 11.8. The van der Waals surface area contributed by atoms with E-state index in [1.54, 1.807) is 26.4 Å². The molecule has 1 atom stereocenters. The predicted molar refractivity (Wildman–Crippen MR) is 188 cm³/mol. The van der Waals surface area contributed by atoms with Crippen molar-refractivity contribution in [3.8, 4) is 11.5 Å². The zero-order valence-electron chi connectivity index (χ0n) is 27.7. The molecule has 13 heteroatoms. The van der Waals surface area contributed by atoms with Crippen LogP contribution in [0.25, 0.3) is 11.2 Å². The molecule has 0 spiro atoms. The first kappa shape index (κ1) is 34.3. The fourth-order valence-electron chi connectivity index (χ4n) is 6.09. The molecule has 0 fully saturated rings. The van der Waals surface area contributed by atoms with Gasteiger partial charge in [-0.15, -0.1) is 0 Å². The number of carbonyl (C=O) groups is 3. The highest BCUT2D eigenvalue weighted by atomic mass is 16.5. The lowest BCUT2D eigenvalue weighted by molar-refractivity contribution is -0.143. The minimum Gasteiger partial charge on any atom is -0.497 e. The molecule has 6 rings (SSSR count). The summed E-state index contributed by atoms with van der Waals surface area (Å²) in [7, 11) is 3.25. The number of amides is 2. The molecule has 0 saturated carbocycles. The van der Waals surface area contributed by atoms with E-state index in [4.69, 9.17) is 14.6 Å². The Kier molecular flexibility index (Phi) is 10.0. The lowest BCUT2D eigenvalue weighted by atomic mass is 9.65. The Morgan fingerprint density at radius 1 is 0.765 bits per heavy atom. The van der Waals surface area contributed by atoms with Crippen molar-refractivity contribution >= 4 is 34.8 Å². The Morgan fingerprint density at radius 2 is 1.31 bits per heavy atom. The van der Waals surface area contributed by atoms with Gasteiger partial charge < -0.3 is 34.9 Å². The molecule has 0 aliphatic carbocycles. The number of fused-ring (bicyclic) bond motifs is 1. The summed E-state index contributed by atoms with van der Waals surface area (Å²) in [6, 6.07) is 31.9. The van der Waals surface area contributed by atoms with Gasteiger partial charge in [0.25, 0.3) is 5.91 Å². The topological polar surface area (TPSA) is 178 Å². The second-order valence-electron chi connectivity index (χ2n) is 11.5. The second kappa shape index (κ2) is 14.9. The third-order valence-corrected chi connectivity index (χ3v) is 8.60. The summed E-state index contributed by atoms with van der Waals surface area (Å²) in [5.41, 5.74) is 3.95. The van der Waals surface area contributed by atoms with E-state index in [0.717, 1.165) is 33.8 Å². The molecule has 2 aromatic heterocycles. The van der Waals surface area contributed by atoms with Crippen LogP contribution in [0.2, 0.25) is 0 Å². The van der Waals surface area contributed by atoms with Gasteiger partial charge in [-0.05, 0) is 58.7 Å². The van der Waals surface area contributed by atoms with Crippen LogP contribution in [-0.4, -0.2) is 74.4 Å². The van der Waals surface area contributed by atoms with E-state index in [9.17, 15) is 19.5 Å². The fraction of sp³-hybridized carbons (Fsp3) is 0.158. The molecule has 2 amide bonds. The maximum atomic E-state index is 13.6. The van der Waals surface area contributed by atoms with Crippen LogP contribution >= 0.6 is 0 Å². The number of hydrogen-bond donors (Lipinski definition) is 4. The van der Waals surface area contributed by atoms with Crippen LogP contribution in [-0.2, 0) is 21.5 Å². The number of aliphatic hydroxyl groups is 1. The number of rotatable bonds is 13. The standard InChI is InChI=1S/C38H34N6O7/c1-50-29-16-12-27(13-17-29)38(25-6-4-3-5-7-25,28-14-18-30(51-2)19-15-28)26-10-8-24(9-11-26)36(47)43-34-33-35(40-22-39-34)44(23-41-33)20-32(46)42-31(21-45)37(48)49/h3-19,22-23,31,45H,20-21H2,1-2H3,(H,42,46)(H,48,49)(H,39,40,43,47)/t31-/m0/s1. The van der Waals surface area contributed by atoms with E-state index in [-0.39, 0.29) is 23.5 Å². The number of anilines is 1. The summed E-state index contributed by atoms with van der Waals surface area (Å²) in [4.78, 5) is 49.9. The van der Waals surface area contributed by atoms with Crippen LogP contribution < -0.4 is 20.1 Å². The van der Waals surface area contributed by atoms with Crippen molar-refractivity contribution in [1.29, 1.82) is 0 Å². The number of aliphatic hydroxyl groups excluding tert-OH is 1. The van der Waals surface area contributed by atoms with Crippen molar-refractivity contribution in [2.75, 3.05) is 26.1 Å². The summed E-state index contributed by atoms with van der Waals surface area (Å²) in [6.07, 6.45) is 2.56. The molecule has 0 bridgehead atoms. The zero-order valence-corrected chi connectivity index (χ0v) is 27.7. The fourth-order valence-corrected chi connectivity index (χ4v) is 6.09. The molecular formula is C38H34N6O7. The molecule has 51 heavy (non-hydrogen) atoms. The molecule has 13 nitrogen and oxygen atoms in total. The van der Waals surface area contributed by atoms with Gasteiger partial charge in [0, 0.05) is 5.56 Å². The monoisotopic (exact) mass is 686 g/mol. The summed E-state index contributed by atoms with van der Waals surface area (Å²) in [6.45, 7) is -1.08. The second-order valence-corrected chi connectivity index (χ2v) is 11.5. The number of hydrogen-bond acceptors (Lipinski definition) is 9. The molecular weight excluding hydrogens is 652 g/mol. The Morgan fingerprint density at radius 3 is 1.84 bits per heavy atom. The molecule has 4 N–H and O–H groups in total. The molecule has 6 aromatic rings. The molecule has 0 radical (unpaired) electrons. The summed E-state index contributed by atoms with van der Waals surface area (Å²) in [5, 5.41) is 23.4. The first-order valence-electron chi connectivity index (χ1n) is 15.8. The van der Waals surface area contributed by atoms with E-state index < -0.39 is 35.8 Å². The maximum Gasteiger partial charge on any atom is 0.328 e. The molecule has 0 saturated heterocycles. The number of benzene rings is 4. The van der Waals surface area contributed by atoms with Crippen LogP contribution in [0.15, 0.2) is 116 Å². The molecule has 0 aliphatic heterocycles. The number of aliphatic carboxylic acids is 1. The minimum absolute atomic E-state index is 0.127. The number of nitrogens with zero attached hydrogens (tertiary/aromatic N) is 4. The summed E-state index contributed by atoms with van der Waals surface area (Å²) >= 11 is 0. The van der Waals surface area contributed by atoms with Gasteiger partial charge in [0.2, 0.25) is 5.91 Å². The van der Waals surface area contributed by atoms with Crippen LogP contribution in [0.1, 0.15) is 32.6 Å². The first-order valence-corrected chi connectivity index (χ1v) is 15.8. The summed E-state index contributed by atoms with van der Waals surface area (Å²) in [5.74, 6) is -0.905. The van der Waals surface area contributed by atoms with Gasteiger partial charge in [-0.2, -0.15) is 0 Å². The van der Waals surface area contributed by atoms with E-state index in [2.05, 4.69) is 37.7 Å². The Bertz CT molecular complexity index is 2110. The van der Waals surface area contributed by atoms with Crippen molar-refractivity contribution in [2.24, 2.45) is 0 Å². The van der Waals surface area contributed by atoms with E-state index in [0.29, 0.717) is 5.56 Å². The number of ether oxygens (including phenoxy) is 2. The minimum atomic E-state index is -1.45. The van der Waals surface area contributed by atoms with Crippen molar-refractivity contribution < 1.29 is 34.1 Å². The Hall–Kier alpha value is -6.60. The lowest BCUT2D eigenvalue weighted by Gasteiger charge is -2.37. The van der Waals surface area contributed by atoms with E-state index >= 15 is 0 Å². The van der Waals surface area contributed by atoms with Gasteiger partial charge in [-0.25, -0.2) is 19.7 Å². The first-order chi connectivity index (χ1) is 24.8. The average molecular weight is 687 g/mol. The Balaban J connectivity index is 1.33. The summed E-state index contributed by atoms with van der Waals surface area (Å²) < 4.78 is 12.3. The number of methoxy groups -OCH3 is 2. The van der Waals surface area contributed by atoms with E-state index in [1.807, 2.05) is 78.9 Å². The van der Waals surface area contributed by atoms with Gasteiger partial charge in [0.15, 0.2) is 17.0 Å². The number of aromatic nitrogens is 4. The maximum absolute atomic E-state index is 13.6. The number of carbonyl (C=O) groups excluding carboxylic acids is 2. The number of imidazole rings is 1. The van der Waals surface area contributed by atoms with Gasteiger partial charge in [0.1, 0.15) is 30.4 Å². The zero-order chi connectivity index (χ0) is 36.0. The number of nitrogens with one attached hydrogen (secondary N) is 2. The van der Waals surface area contributed by atoms with Crippen LogP contribution in [0, 0.1) is 0 Å². The van der Waals surface area contributed by atoms with Gasteiger partial charge in [-0.3, -0.25) is 9.59 Å². The van der Waals surface area contributed by atoms with Gasteiger partial charge in [-0.1, -0.05) is 66.7 Å². The van der Waals surface area contributed by atoms with Crippen LogP contribution in [0.3, 0.4) is 0 Å². The molecule has 0 aliphatic rings. The molecule has 0 unspecified atom stereocenters. The van der Waals surface area contributed by atoms with Crippen LogP contribution in [0.5, 0.6) is 11.5 Å². The smallest absolute Gasteiger partial charge is 0.328 e. The van der Waals surface area contributed by atoms with Crippen molar-refractivity contribution in [3.05, 3.63) is 144 Å². The molecule has 258 valence electrons. The van der Waals surface area contributed by atoms with Crippen molar-refractivity contribution in [1.82, 2.24) is 24.8 Å². The highest BCUT2D eigenvalue weighted by Gasteiger charge is 2.38. The lowest BCUT2D eigenvalue weighted by Crippen LogP contribution is -2.44. The number of carboxylic acid groups (broad SMARTS) is 1.